The van der Waals surface area contributed by atoms with Crippen molar-refractivity contribution in [3.8, 4) is 5.75 Å². The molecule has 1 aromatic heterocycles. The number of nitrogens with zero attached hydrogens (tertiary/aromatic N) is 1. The molecule has 6 nitrogen and oxygen atoms in total. The topological polar surface area (TPSA) is 103 Å². The zero-order chi connectivity index (χ0) is 13.4. The number of rotatable bonds is 3. The van der Waals surface area contributed by atoms with Crippen molar-refractivity contribution in [3.05, 3.63) is 35.4 Å². The van der Waals surface area contributed by atoms with Crippen molar-refractivity contribution in [1.29, 1.82) is 0 Å². The van der Waals surface area contributed by atoms with E-state index in [1.165, 1.54) is 0 Å². The van der Waals surface area contributed by atoms with E-state index >= 15 is 0 Å². The number of hydrogen-bond donors (Lipinski definition) is 3. The fourth-order valence-electron chi connectivity index (χ4n) is 2.08. The van der Waals surface area contributed by atoms with Crippen molar-refractivity contribution in [2.45, 2.75) is 6.04 Å². The third-order valence-corrected chi connectivity index (χ3v) is 3.76. The van der Waals surface area contributed by atoms with Crippen LogP contribution in [0.2, 0.25) is 0 Å². The van der Waals surface area contributed by atoms with Crippen LogP contribution in [0.3, 0.4) is 0 Å². The molecule has 98 valence electrons. The van der Waals surface area contributed by atoms with Gasteiger partial charge in [-0.15, -0.1) is 0 Å². The van der Waals surface area contributed by atoms with Gasteiger partial charge < -0.3 is 21.5 Å². The highest BCUT2D eigenvalue weighted by Gasteiger charge is 2.26. The number of amides is 1. The maximum Gasteiger partial charge on any atom is 0.255 e. The Morgan fingerprint density at radius 3 is 3.05 bits per heavy atom. The normalized spacial score (nSPS) is 16.7. The molecule has 1 atom stereocenters. The zero-order valence-corrected chi connectivity index (χ0v) is 10.7. The number of anilines is 2. The maximum absolute atomic E-state index is 11.4. The second-order valence-electron chi connectivity index (χ2n) is 4.18. The van der Waals surface area contributed by atoms with E-state index in [1.807, 2.05) is 24.3 Å². The summed E-state index contributed by atoms with van der Waals surface area (Å²) in [7, 11) is 0. The van der Waals surface area contributed by atoms with Crippen LogP contribution in [0.4, 0.5) is 10.8 Å². The summed E-state index contributed by atoms with van der Waals surface area (Å²) >= 11 is 1.12. The van der Waals surface area contributed by atoms with Gasteiger partial charge in [-0.1, -0.05) is 18.2 Å². The van der Waals surface area contributed by atoms with E-state index in [-0.39, 0.29) is 17.4 Å². The number of carbonyl (C=O) groups is 1. The first-order valence-electron chi connectivity index (χ1n) is 5.70. The summed E-state index contributed by atoms with van der Waals surface area (Å²) in [5, 5.41) is 3.80. The first kappa shape index (κ1) is 11.8. The van der Waals surface area contributed by atoms with Crippen LogP contribution >= 0.6 is 11.5 Å². The van der Waals surface area contributed by atoms with Crippen LogP contribution in [0.5, 0.6) is 5.75 Å². The summed E-state index contributed by atoms with van der Waals surface area (Å²) in [6, 6.07) is 7.72. The van der Waals surface area contributed by atoms with Gasteiger partial charge in [-0.05, 0) is 17.6 Å². The lowest BCUT2D eigenvalue weighted by atomic mass is 10.1. The van der Waals surface area contributed by atoms with Gasteiger partial charge in [-0.25, -0.2) is 0 Å². The van der Waals surface area contributed by atoms with Crippen molar-refractivity contribution in [3.63, 3.8) is 0 Å². The predicted octanol–water partition coefficient (Wildman–Crippen LogP) is 1.37. The Balaban J connectivity index is 1.90. The Bertz CT molecular complexity index is 640. The highest BCUT2D eigenvalue weighted by atomic mass is 32.1. The van der Waals surface area contributed by atoms with Gasteiger partial charge in [-0.2, -0.15) is 4.37 Å². The lowest BCUT2D eigenvalue weighted by Gasteiger charge is -2.11. The zero-order valence-electron chi connectivity index (χ0n) is 9.92. The molecule has 2 aromatic rings. The third kappa shape index (κ3) is 1.97. The summed E-state index contributed by atoms with van der Waals surface area (Å²) in [5.74, 6) is 0.422. The molecule has 0 aliphatic carbocycles. The Labute approximate surface area is 113 Å². The van der Waals surface area contributed by atoms with E-state index < -0.39 is 5.91 Å². The number of nitrogens with two attached hydrogens (primary N) is 2. The number of nitrogen functional groups attached to an aromatic ring is 1. The Morgan fingerprint density at radius 1 is 1.47 bits per heavy atom. The van der Waals surface area contributed by atoms with Crippen LogP contribution in [0.15, 0.2) is 24.3 Å². The average Bonchev–Trinajstić information content (AvgIpc) is 2.95. The standard InChI is InChI=1S/C12H12N4O2S/c13-10-9(11(14)17)12(19-16-10)15-7-5-18-8-4-2-1-3-6(7)8/h1-4,7,15H,5H2,(H2,13,16)(H2,14,17). The summed E-state index contributed by atoms with van der Waals surface area (Å²) in [4.78, 5) is 11.4. The van der Waals surface area contributed by atoms with E-state index in [0.717, 1.165) is 22.8 Å². The Kier molecular flexibility index (Phi) is 2.75. The first-order chi connectivity index (χ1) is 9.16. The lowest BCUT2D eigenvalue weighted by molar-refractivity contribution is 0.100. The lowest BCUT2D eigenvalue weighted by Crippen LogP contribution is -2.17. The molecule has 19 heavy (non-hydrogen) atoms. The number of hydrogen-bond acceptors (Lipinski definition) is 6. The molecule has 3 rings (SSSR count). The molecule has 1 amide bonds. The SMILES string of the molecule is NC(=O)c1c(N)nsc1NC1COc2ccccc21. The summed E-state index contributed by atoms with van der Waals surface area (Å²) < 4.78 is 9.52. The van der Waals surface area contributed by atoms with Crippen LogP contribution in [0, 0.1) is 0 Å². The van der Waals surface area contributed by atoms with E-state index in [9.17, 15) is 4.79 Å². The van der Waals surface area contributed by atoms with Gasteiger partial charge >= 0.3 is 0 Å². The van der Waals surface area contributed by atoms with E-state index in [0.29, 0.717) is 11.6 Å². The monoisotopic (exact) mass is 276 g/mol. The van der Waals surface area contributed by atoms with E-state index in [4.69, 9.17) is 16.2 Å². The van der Waals surface area contributed by atoms with Crippen LogP contribution in [0.1, 0.15) is 22.0 Å². The maximum atomic E-state index is 11.4. The minimum Gasteiger partial charge on any atom is -0.491 e. The number of para-hydroxylation sites is 1. The number of fused-ring (bicyclic) bond motifs is 1. The van der Waals surface area contributed by atoms with Crippen molar-refractivity contribution >= 4 is 28.3 Å². The molecule has 1 aromatic carbocycles. The van der Waals surface area contributed by atoms with E-state index in [1.54, 1.807) is 0 Å². The molecule has 0 bridgehead atoms. The van der Waals surface area contributed by atoms with Crippen molar-refractivity contribution < 1.29 is 9.53 Å². The molecule has 1 aliphatic rings. The molecular weight excluding hydrogens is 264 g/mol. The van der Waals surface area contributed by atoms with Gasteiger partial charge in [0.1, 0.15) is 22.9 Å². The molecular formula is C12H12N4O2S. The molecule has 1 unspecified atom stereocenters. The van der Waals surface area contributed by atoms with Crippen molar-refractivity contribution in [2.24, 2.45) is 5.73 Å². The Morgan fingerprint density at radius 2 is 2.26 bits per heavy atom. The smallest absolute Gasteiger partial charge is 0.255 e. The molecule has 1 aliphatic heterocycles. The minimum absolute atomic E-state index is 0.0332. The first-order valence-corrected chi connectivity index (χ1v) is 6.47. The molecule has 7 heteroatoms. The third-order valence-electron chi connectivity index (χ3n) is 2.97. The number of primary amides is 1. The van der Waals surface area contributed by atoms with Crippen molar-refractivity contribution in [2.75, 3.05) is 17.7 Å². The molecule has 0 spiro atoms. The number of nitrogens with one attached hydrogen (secondary N) is 1. The van der Waals surface area contributed by atoms with Crippen LogP contribution in [0.25, 0.3) is 0 Å². The van der Waals surface area contributed by atoms with Crippen molar-refractivity contribution in [1.82, 2.24) is 4.37 Å². The number of benzene rings is 1. The Hall–Kier alpha value is -2.28. The average molecular weight is 276 g/mol. The van der Waals surface area contributed by atoms with Gasteiger partial charge in [0, 0.05) is 5.56 Å². The fourth-order valence-corrected chi connectivity index (χ4v) is 2.85. The summed E-state index contributed by atoms with van der Waals surface area (Å²) in [6.45, 7) is 0.495. The van der Waals surface area contributed by atoms with Gasteiger partial charge in [-0.3, -0.25) is 4.79 Å². The van der Waals surface area contributed by atoms with Gasteiger partial charge in [0.2, 0.25) is 0 Å². The summed E-state index contributed by atoms with van der Waals surface area (Å²) in [6.07, 6.45) is 0. The molecule has 0 saturated carbocycles. The number of ether oxygens (including phenoxy) is 1. The molecule has 0 fully saturated rings. The fraction of sp³-hybridized carbons (Fsp3) is 0.167. The minimum atomic E-state index is -0.582. The summed E-state index contributed by atoms with van der Waals surface area (Å²) in [5.41, 5.74) is 12.2. The van der Waals surface area contributed by atoms with Gasteiger partial charge in [0.05, 0.1) is 6.04 Å². The predicted molar refractivity (Wildman–Crippen MR) is 73.3 cm³/mol. The number of carbonyl (C=O) groups excluding carboxylic acids is 1. The van der Waals surface area contributed by atoms with E-state index in [2.05, 4.69) is 9.69 Å². The van der Waals surface area contributed by atoms with Gasteiger partial charge in [0.15, 0.2) is 5.82 Å². The molecule has 2 heterocycles. The highest BCUT2D eigenvalue weighted by Crippen LogP contribution is 2.36. The molecule has 0 radical (unpaired) electrons. The number of aromatic nitrogens is 1. The second-order valence-corrected chi connectivity index (χ2v) is 4.96. The second kappa shape index (κ2) is 4.43. The van der Waals surface area contributed by atoms with Crippen LogP contribution in [-0.2, 0) is 0 Å². The van der Waals surface area contributed by atoms with Crippen LogP contribution in [-0.4, -0.2) is 16.9 Å². The highest BCUT2D eigenvalue weighted by molar-refractivity contribution is 7.11. The largest absolute Gasteiger partial charge is 0.491 e. The van der Waals surface area contributed by atoms with Gasteiger partial charge in [0.25, 0.3) is 5.91 Å². The molecule has 0 saturated heterocycles. The van der Waals surface area contributed by atoms with Crippen LogP contribution < -0.4 is 21.5 Å². The molecule has 5 N–H and O–H groups in total. The quantitative estimate of drug-likeness (QED) is 0.785.